The van der Waals surface area contributed by atoms with E-state index in [0.29, 0.717) is 17.7 Å². The molecule has 0 saturated heterocycles. The lowest BCUT2D eigenvalue weighted by Crippen LogP contribution is -2.48. The average molecular weight is 542 g/mol. The zero-order valence-electron chi connectivity index (χ0n) is 22.6. The second-order valence-corrected chi connectivity index (χ2v) is 10.0. The molecule has 1 heterocycles. The first kappa shape index (κ1) is 27.2. The molecule has 41 heavy (non-hydrogen) atoms. The van der Waals surface area contributed by atoms with E-state index < -0.39 is 0 Å². The number of hydrogen-bond donors (Lipinski definition) is 3. The molecule has 0 spiro atoms. The van der Waals surface area contributed by atoms with Crippen LogP contribution in [0.5, 0.6) is 0 Å². The molecule has 1 aromatic heterocycles. The fraction of sp³-hybridized carbons (Fsp3) is 0.212. The first-order valence-corrected chi connectivity index (χ1v) is 13.7. The molecule has 8 heteroatoms. The monoisotopic (exact) mass is 541 g/mol. The Morgan fingerprint density at radius 3 is 2.27 bits per heavy atom. The minimum Gasteiger partial charge on any atom is -0.367 e. The molecule has 0 bridgehead atoms. The zero-order chi connectivity index (χ0) is 28.4. The number of anilines is 4. The van der Waals surface area contributed by atoms with Gasteiger partial charge in [0.05, 0.1) is 16.8 Å². The van der Waals surface area contributed by atoms with Crippen molar-refractivity contribution >= 4 is 28.9 Å². The number of carbonyl (C=O) groups excluding carboxylic acids is 1. The Bertz CT molecular complexity index is 1530. The number of carbonyl (C=O) groups is 1. The quantitative estimate of drug-likeness (QED) is 0.228. The summed E-state index contributed by atoms with van der Waals surface area (Å²) in [6.07, 6.45) is 5.02. The van der Waals surface area contributed by atoms with Crippen LogP contribution in [0.2, 0.25) is 0 Å². The van der Waals surface area contributed by atoms with Gasteiger partial charge in [-0.25, -0.2) is 9.78 Å². The van der Waals surface area contributed by atoms with Crippen molar-refractivity contribution in [3.63, 3.8) is 0 Å². The van der Waals surface area contributed by atoms with E-state index in [1.54, 1.807) is 18.3 Å². The van der Waals surface area contributed by atoms with Gasteiger partial charge < -0.3 is 16.0 Å². The number of aromatic nitrogens is 1. The van der Waals surface area contributed by atoms with Crippen molar-refractivity contribution in [1.29, 1.82) is 10.5 Å². The number of amides is 2. The molecule has 3 aromatic carbocycles. The van der Waals surface area contributed by atoms with Crippen LogP contribution in [-0.2, 0) is 6.54 Å². The maximum atomic E-state index is 13.6. The minimum absolute atomic E-state index is 0.0378. The second kappa shape index (κ2) is 13.1. The van der Waals surface area contributed by atoms with Crippen LogP contribution in [0.4, 0.5) is 27.7 Å². The molecule has 0 unspecified atom stereocenters. The number of benzene rings is 3. The Hall–Kier alpha value is -5.34. The predicted molar refractivity (Wildman–Crippen MR) is 161 cm³/mol. The van der Waals surface area contributed by atoms with E-state index in [1.165, 1.54) is 0 Å². The lowest BCUT2D eigenvalue weighted by atomic mass is 9.90. The normalized spacial score (nSPS) is 16.0. The molecule has 1 fully saturated rings. The van der Waals surface area contributed by atoms with Gasteiger partial charge in [-0.15, -0.1) is 0 Å². The fourth-order valence-corrected chi connectivity index (χ4v) is 5.14. The highest BCUT2D eigenvalue weighted by Gasteiger charge is 2.30. The molecule has 1 aliphatic rings. The number of nitrogens with one attached hydrogen (secondary N) is 3. The maximum Gasteiger partial charge on any atom is 0.322 e. The Morgan fingerprint density at radius 2 is 1.59 bits per heavy atom. The Labute approximate surface area is 240 Å². The van der Waals surface area contributed by atoms with Crippen LogP contribution in [0.1, 0.15) is 42.4 Å². The van der Waals surface area contributed by atoms with Gasteiger partial charge in [0, 0.05) is 36.2 Å². The van der Waals surface area contributed by atoms with Gasteiger partial charge in [-0.3, -0.25) is 4.90 Å². The summed E-state index contributed by atoms with van der Waals surface area (Å²) in [6, 6.07) is 33.1. The lowest BCUT2D eigenvalue weighted by Gasteiger charge is -2.37. The number of pyridine rings is 1. The summed E-state index contributed by atoms with van der Waals surface area (Å²) < 4.78 is 0. The Kier molecular flexibility index (Phi) is 8.73. The van der Waals surface area contributed by atoms with E-state index in [-0.39, 0.29) is 18.1 Å². The van der Waals surface area contributed by atoms with Crippen LogP contribution >= 0.6 is 0 Å². The van der Waals surface area contributed by atoms with Gasteiger partial charge >= 0.3 is 6.03 Å². The summed E-state index contributed by atoms with van der Waals surface area (Å²) in [5.74, 6) is 0.756. The number of hydrogen-bond acceptors (Lipinski definition) is 6. The largest absolute Gasteiger partial charge is 0.367 e. The molecule has 3 N–H and O–H groups in total. The molecular formula is C33H31N7O. The van der Waals surface area contributed by atoms with Crippen molar-refractivity contribution in [2.75, 3.05) is 15.5 Å². The number of rotatable bonds is 8. The third-order valence-electron chi connectivity index (χ3n) is 7.28. The van der Waals surface area contributed by atoms with E-state index in [9.17, 15) is 10.1 Å². The van der Waals surface area contributed by atoms with E-state index in [4.69, 9.17) is 5.26 Å². The first-order chi connectivity index (χ1) is 20.1. The van der Waals surface area contributed by atoms with E-state index in [1.807, 2.05) is 83.8 Å². The van der Waals surface area contributed by atoms with Crippen molar-refractivity contribution in [2.24, 2.45) is 0 Å². The summed E-state index contributed by atoms with van der Waals surface area (Å²) in [5, 5.41) is 28.3. The van der Waals surface area contributed by atoms with Crippen molar-refractivity contribution in [1.82, 2.24) is 10.3 Å². The van der Waals surface area contributed by atoms with Crippen molar-refractivity contribution < 1.29 is 4.79 Å². The molecule has 8 nitrogen and oxygen atoms in total. The van der Waals surface area contributed by atoms with Gasteiger partial charge in [-0.05, 0) is 79.8 Å². The molecule has 0 aliphatic heterocycles. The lowest BCUT2D eigenvalue weighted by molar-refractivity contribution is 0.240. The predicted octanol–water partition coefficient (Wildman–Crippen LogP) is 6.71. The topological polar surface area (TPSA) is 117 Å². The van der Waals surface area contributed by atoms with Gasteiger partial charge in [0.15, 0.2) is 0 Å². The number of nitrogens with zero attached hydrogens (tertiary/aromatic N) is 4. The molecule has 204 valence electrons. The number of para-hydroxylation sites is 1. The smallest absolute Gasteiger partial charge is 0.322 e. The van der Waals surface area contributed by atoms with Crippen molar-refractivity contribution in [3.8, 4) is 12.1 Å². The van der Waals surface area contributed by atoms with Crippen LogP contribution in [0, 0.1) is 22.7 Å². The summed E-state index contributed by atoms with van der Waals surface area (Å²) in [4.78, 5) is 19.8. The molecule has 5 rings (SSSR count). The van der Waals surface area contributed by atoms with Crippen molar-refractivity contribution in [3.05, 3.63) is 114 Å². The Morgan fingerprint density at radius 1 is 0.854 bits per heavy atom. The summed E-state index contributed by atoms with van der Waals surface area (Å²) in [5.41, 5.74) is 4.54. The second-order valence-electron chi connectivity index (χ2n) is 10.0. The summed E-state index contributed by atoms with van der Waals surface area (Å²) in [6.45, 7) is 0.446. The van der Waals surface area contributed by atoms with Crippen LogP contribution in [0.3, 0.4) is 0 Å². The van der Waals surface area contributed by atoms with Crippen LogP contribution < -0.4 is 20.9 Å². The summed E-state index contributed by atoms with van der Waals surface area (Å²) >= 11 is 0. The summed E-state index contributed by atoms with van der Waals surface area (Å²) in [7, 11) is 0. The highest BCUT2D eigenvalue weighted by Crippen LogP contribution is 2.31. The van der Waals surface area contributed by atoms with E-state index >= 15 is 0 Å². The zero-order valence-corrected chi connectivity index (χ0v) is 22.6. The standard InChI is InChI=1S/C33H31N7O/c34-20-25-10-19-32(36-23-25)39-28-13-17-30(18-14-28)40(33(41)37-22-24-6-2-1-3-7-24)29-15-11-27(12-16-29)38-31-9-5-4-8-26(31)21-35/h1-12,15-16,19,23,28,30,38H,13-14,17-18,22H2,(H,36,39)(H,37,41)/t28-,30-. The van der Waals surface area contributed by atoms with Gasteiger partial charge in [0.2, 0.25) is 0 Å². The van der Waals surface area contributed by atoms with Gasteiger partial charge in [0.1, 0.15) is 18.0 Å². The molecule has 4 aromatic rings. The number of nitriles is 2. The highest BCUT2D eigenvalue weighted by atomic mass is 16.2. The van der Waals surface area contributed by atoms with Crippen molar-refractivity contribution in [2.45, 2.75) is 44.3 Å². The minimum atomic E-state index is -0.130. The first-order valence-electron chi connectivity index (χ1n) is 13.7. The van der Waals surface area contributed by atoms with E-state index in [0.717, 1.165) is 54.1 Å². The molecule has 0 radical (unpaired) electrons. The molecule has 0 atom stereocenters. The average Bonchev–Trinajstić information content (AvgIpc) is 3.03. The van der Waals surface area contributed by atoms with Crippen LogP contribution in [0.15, 0.2) is 97.2 Å². The third-order valence-corrected chi connectivity index (χ3v) is 7.28. The SMILES string of the molecule is N#Cc1ccc(N[C@H]2CC[C@H](N(C(=O)NCc3ccccc3)c3ccc(Nc4ccccc4C#N)cc3)CC2)nc1. The third kappa shape index (κ3) is 7.00. The molecule has 2 amide bonds. The van der Waals surface area contributed by atoms with Gasteiger partial charge in [0.25, 0.3) is 0 Å². The Balaban J connectivity index is 1.29. The molecule has 1 aliphatic carbocycles. The van der Waals surface area contributed by atoms with Gasteiger partial charge in [-0.2, -0.15) is 10.5 Å². The molecular weight excluding hydrogens is 510 g/mol. The fourth-order valence-electron chi connectivity index (χ4n) is 5.14. The highest BCUT2D eigenvalue weighted by molar-refractivity contribution is 5.93. The van der Waals surface area contributed by atoms with E-state index in [2.05, 4.69) is 33.1 Å². The van der Waals surface area contributed by atoms with Crippen LogP contribution in [-0.4, -0.2) is 23.1 Å². The molecule has 1 saturated carbocycles. The maximum absolute atomic E-state index is 13.6. The van der Waals surface area contributed by atoms with Gasteiger partial charge in [-0.1, -0.05) is 42.5 Å². The van der Waals surface area contributed by atoms with Crippen LogP contribution in [0.25, 0.3) is 0 Å². The number of urea groups is 1.